The van der Waals surface area contributed by atoms with E-state index in [1.165, 1.54) is 12.8 Å². The number of hydrogen-bond donors (Lipinski definition) is 2. The summed E-state index contributed by atoms with van der Waals surface area (Å²) in [6, 6.07) is 7.32. The predicted octanol–water partition coefficient (Wildman–Crippen LogP) is 3.79. The van der Waals surface area contributed by atoms with Gasteiger partial charge in [0.05, 0.1) is 7.11 Å². The summed E-state index contributed by atoms with van der Waals surface area (Å²) in [6.45, 7) is 4.21. The van der Waals surface area contributed by atoms with Gasteiger partial charge in [-0.15, -0.1) is 0 Å². The van der Waals surface area contributed by atoms with Crippen LogP contribution in [0, 0.1) is 0 Å². The minimum absolute atomic E-state index is 0.158. The molecule has 4 nitrogen and oxygen atoms in total. The molecule has 0 saturated heterocycles. The van der Waals surface area contributed by atoms with Crippen LogP contribution in [0.25, 0.3) is 0 Å². The Morgan fingerprint density at radius 2 is 1.95 bits per heavy atom. The van der Waals surface area contributed by atoms with Crippen LogP contribution < -0.4 is 15.4 Å². The molecule has 1 aromatic rings. The first-order valence-corrected chi connectivity index (χ1v) is 6.87. The summed E-state index contributed by atoms with van der Waals surface area (Å²) >= 11 is 0. The van der Waals surface area contributed by atoms with Gasteiger partial charge in [0.2, 0.25) is 0 Å². The first kappa shape index (κ1) is 15.3. The number of methoxy groups -OCH3 is 1. The maximum Gasteiger partial charge on any atom is 0.319 e. The summed E-state index contributed by atoms with van der Waals surface area (Å²) in [7, 11) is 1.62. The second-order valence-electron chi connectivity index (χ2n) is 4.72. The van der Waals surface area contributed by atoms with E-state index in [-0.39, 0.29) is 12.1 Å². The number of anilines is 1. The van der Waals surface area contributed by atoms with E-state index >= 15 is 0 Å². The number of carbonyl (C=O) groups is 1. The highest BCUT2D eigenvalue weighted by Crippen LogP contribution is 2.14. The van der Waals surface area contributed by atoms with E-state index in [9.17, 15) is 4.79 Å². The second-order valence-corrected chi connectivity index (χ2v) is 4.72. The van der Waals surface area contributed by atoms with Crippen LogP contribution in [0.3, 0.4) is 0 Å². The van der Waals surface area contributed by atoms with Crippen molar-refractivity contribution in [1.82, 2.24) is 5.32 Å². The maximum absolute atomic E-state index is 11.8. The molecule has 2 amide bonds. The molecule has 1 atom stereocenters. The van der Waals surface area contributed by atoms with E-state index in [0.717, 1.165) is 24.3 Å². The Balaban J connectivity index is 2.33. The fraction of sp³-hybridized carbons (Fsp3) is 0.533. The normalized spacial score (nSPS) is 11.7. The minimum atomic E-state index is -0.158. The lowest BCUT2D eigenvalue weighted by atomic mass is 10.1. The molecule has 0 radical (unpaired) electrons. The summed E-state index contributed by atoms with van der Waals surface area (Å²) in [4.78, 5) is 11.8. The smallest absolute Gasteiger partial charge is 0.319 e. The third kappa shape index (κ3) is 6.13. The van der Waals surface area contributed by atoms with Gasteiger partial charge in [0.25, 0.3) is 0 Å². The maximum atomic E-state index is 11.8. The molecular weight excluding hydrogens is 240 g/mol. The molecule has 0 aliphatic rings. The van der Waals surface area contributed by atoms with Crippen molar-refractivity contribution < 1.29 is 9.53 Å². The van der Waals surface area contributed by atoms with Gasteiger partial charge in [0, 0.05) is 11.7 Å². The van der Waals surface area contributed by atoms with E-state index in [2.05, 4.69) is 17.6 Å². The van der Waals surface area contributed by atoms with Crippen molar-refractivity contribution in [2.75, 3.05) is 12.4 Å². The summed E-state index contributed by atoms with van der Waals surface area (Å²) in [5, 5.41) is 5.74. The standard InChI is InChI=1S/C15H24N2O2/c1-4-5-6-7-12(2)16-15(18)17-13-8-10-14(19-3)11-9-13/h8-12H,4-7H2,1-3H3,(H2,16,17,18)/t12-/m1/s1. The number of carbonyl (C=O) groups excluding carboxylic acids is 1. The van der Waals surface area contributed by atoms with E-state index in [1.54, 1.807) is 7.11 Å². The van der Waals surface area contributed by atoms with Crippen LogP contribution in [-0.4, -0.2) is 19.2 Å². The van der Waals surface area contributed by atoms with Gasteiger partial charge < -0.3 is 15.4 Å². The number of benzene rings is 1. The van der Waals surface area contributed by atoms with Crippen LogP contribution in [0.5, 0.6) is 5.75 Å². The quantitative estimate of drug-likeness (QED) is 0.736. The number of amides is 2. The molecule has 1 rings (SSSR count). The monoisotopic (exact) mass is 264 g/mol. The molecule has 0 spiro atoms. The molecule has 0 saturated carbocycles. The SMILES string of the molecule is CCCCC[C@@H](C)NC(=O)Nc1ccc(OC)cc1. The van der Waals surface area contributed by atoms with Gasteiger partial charge in [-0.25, -0.2) is 4.79 Å². The molecule has 0 unspecified atom stereocenters. The van der Waals surface area contributed by atoms with Crippen molar-refractivity contribution in [3.63, 3.8) is 0 Å². The van der Waals surface area contributed by atoms with Crippen LogP contribution in [0.15, 0.2) is 24.3 Å². The number of urea groups is 1. The summed E-state index contributed by atoms with van der Waals surface area (Å²) in [5.41, 5.74) is 0.763. The largest absolute Gasteiger partial charge is 0.497 e. The fourth-order valence-electron chi connectivity index (χ4n) is 1.84. The molecule has 4 heteroatoms. The Kier molecular flexibility index (Phi) is 6.79. The molecular formula is C15H24N2O2. The van der Waals surface area contributed by atoms with Crippen LogP contribution >= 0.6 is 0 Å². The highest BCUT2D eigenvalue weighted by Gasteiger charge is 2.06. The third-order valence-electron chi connectivity index (χ3n) is 2.97. The van der Waals surface area contributed by atoms with E-state index in [4.69, 9.17) is 4.74 Å². The van der Waals surface area contributed by atoms with Crippen LogP contribution in [-0.2, 0) is 0 Å². The Hall–Kier alpha value is -1.71. The van der Waals surface area contributed by atoms with Gasteiger partial charge >= 0.3 is 6.03 Å². The lowest BCUT2D eigenvalue weighted by molar-refractivity contribution is 0.248. The van der Waals surface area contributed by atoms with Crippen molar-refractivity contribution in [1.29, 1.82) is 0 Å². The average molecular weight is 264 g/mol. The lowest BCUT2D eigenvalue weighted by Crippen LogP contribution is -2.36. The summed E-state index contributed by atoms with van der Waals surface area (Å²) < 4.78 is 5.07. The van der Waals surface area contributed by atoms with Gasteiger partial charge in [-0.3, -0.25) is 0 Å². The van der Waals surface area contributed by atoms with Gasteiger partial charge in [0.15, 0.2) is 0 Å². The van der Waals surface area contributed by atoms with Crippen molar-refractivity contribution in [3.8, 4) is 5.75 Å². The fourth-order valence-corrected chi connectivity index (χ4v) is 1.84. The van der Waals surface area contributed by atoms with E-state index in [0.29, 0.717) is 0 Å². The van der Waals surface area contributed by atoms with Crippen molar-refractivity contribution in [2.45, 2.75) is 45.6 Å². The van der Waals surface area contributed by atoms with Crippen LogP contribution in [0.2, 0.25) is 0 Å². The number of ether oxygens (including phenoxy) is 1. The molecule has 0 fully saturated rings. The molecule has 19 heavy (non-hydrogen) atoms. The summed E-state index contributed by atoms with van der Waals surface area (Å²) in [6.07, 6.45) is 4.58. The Bertz CT molecular complexity index is 376. The average Bonchev–Trinajstić information content (AvgIpc) is 2.39. The Morgan fingerprint density at radius 3 is 2.53 bits per heavy atom. The zero-order valence-electron chi connectivity index (χ0n) is 12.0. The number of unbranched alkanes of at least 4 members (excludes halogenated alkanes) is 2. The highest BCUT2D eigenvalue weighted by atomic mass is 16.5. The predicted molar refractivity (Wildman–Crippen MR) is 78.8 cm³/mol. The van der Waals surface area contributed by atoms with E-state index < -0.39 is 0 Å². The zero-order valence-corrected chi connectivity index (χ0v) is 12.0. The Morgan fingerprint density at radius 1 is 1.26 bits per heavy atom. The Labute approximate surface area is 115 Å². The van der Waals surface area contributed by atoms with Crippen LogP contribution in [0.1, 0.15) is 39.5 Å². The molecule has 2 N–H and O–H groups in total. The number of rotatable bonds is 7. The molecule has 0 aromatic heterocycles. The van der Waals surface area contributed by atoms with Crippen LogP contribution in [0.4, 0.5) is 10.5 Å². The molecule has 106 valence electrons. The van der Waals surface area contributed by atoms with Crippen molar-refractivity contribution in [3.05, 3.63) is 24.3 Å². The molecule has 0 aliphatic heterocycles. The van der Waals surface area contributed by atoms with Gasteiger partial charge in [-0.2, -0.15) is 0 Å². The van der Waals surface area contributed by atoms with Crippen molar-refractivity contribution >= 4 is 11.7 Å². The van der Waals surface area contributed by atoms with Gasteiger partial charge in [0.1, 0.15) is 5.75 Å². The van der Waals surface area contributed by atoms with Gasteiger partial charge in [-0.05, 0) is 37.6 Å². The topological polar surface area (TPSA) is 50.4 Å². The second kappa shape index (κ2) is 8.40. The minimum Gasteiger partial charge on any atom is -0.497 e. The number of hydrogen-bond acceptors (Lipinski definition) is 2. The molecule has 0 bridgehead atoms. The van der Waals surface area contributed by atoms with Gasteiger partial charge in [-0.1, -0.05) is 26.2 Å². The number of nitrogens with one attached hydrogen (secondary N) is 2. The third-order valence-corrected chi connectivity index (χ3v) is 2.97. The molecule has 1 aromatic carbocycles. The first-order chi connectivity index (χ1) is 9.15. The highest BCUT2D eigenvalue weighted by molar-refractivity contribution is 5.89. The summed E-state index contributed by atoms with van der Waals surface area (Å²) in [5.74, 6) is 0.777. The molecule has 0 aliphatic carbocycles. The molecule has 0 heterocycles. The lowest BCUT2D eigenvalue weighted by Gasteiger charge is -2.14. The zero-order chi connectivity index (χ0) is 14.1. The first-order valence-electron chi connectivity index (χ1n) is 6.87. The van der Waals surface area contributed by atoms with Crippen molar-refractivity contribution in [2.24, 2.45) is 0 Å². The van der Waals surface area contributed by atoms with E-state index in [1.807, 2.05) is 31.2 Å².